The Labute approximate surface area is 262 Å². The molecule has 1 amide bonds. The molecule has 0 unspecified atom stereocenters. The minimum absolute atomic E-state index is 0.0632. The topological polar surface area (TPSA) is 94.8 Å². The first kappa shape index (κ1) is 31.7. The average Bonchev–Trinajstić information content (AvgIpc) is 3.04. The van der Waals surface area contributed by atoms with Crippen molar-refractivity contribution in [2.45, 2.75) is 19.5 Å². The summed E-state index contributed by atoms with van der Waals surface area (Å²) in [6.45, 7) is 5.61. The van der Waals surface area contributed by atoms with Crippen molar-refractivity contribution in [3.8, 4) is 22.9 Å². The first-order valence-corrected chi connectivity index (χ1v) is 14.3. The summed E-state index contributed by atoms with van der Waals surface area (Å²) in [4.78, 5) is 30.7. The molecule has 0 fully saturated rings. The minimum atomic E-state index is -4.59. The lowest BCUT2D eigenvalue weighted by Crippen LogP contribution is -2.21. The van der Waals surface area contributed by atoms with E-state index in [1.807, 2.05) is 6.07 Å². The lowest BCUT2D eigenvalue weighted by atomic mass is 10.1. The predicted molar refractivity (Wildman–Crippen MR) is 172 cm³/mol. The summed E-state index contributed by atoms with van der Waals surface area (Å²) in [5.41, 5.74) is 0.697. The van der Waals surface area contributed by atoms with Crippen LogP contribution in [0.3, 0.4) is 0 Å². The summed E-state index contributed by atoms with van der Waals surface area (Å²) in [5.74, 6) is 0.245. The molecule has 0 aliphatic carbocycles. The largest absolute Gasteiger partial charge is 0.490 e. The molecule has 5 rings (SSSR count). The van der Waals surface area contributed by atoms with Gasteiger partial charge in [0.25, 0.3) is 11.5 Å². The second-order valence-corrected chi connectivity index (χ2v) is 10.0. The molecule has 1 heterocycles. The van der Waals surface area contributed by atoms with Gasteiger partial charge >= 0.3 is 6.18 Å². The SMILES string of the molecule is C=CCc1cc(C=Nn2c(-c3cccc(C(F)(F)F)c3)nc3ccccc3c2=O)cc(OCC)c1OCC(=O)Nc1ccccc1. The summed E-state index contributed by atoms with van der Waals surface area (Å²) in [5, 5.41) is 7.41. The molecule has 1 N–H and O–H groups in total. The second kappa shape index (κ2) is 13.9. The summed E-state index contributed by atoms with van der Waals surface area (Å²) >= 11 is 0. The van der Waals surface area contributed by atoms with Gasteiger partial charge in [-0.2, -0.15) is 22.9 Å². The quantitative estimate of drug-likeness (QED) is 0.125. The van der Waals surface area contributed by atoms with Gasteiger partial charge in [0.2, 0.25) is 0 Å². The van der Waals surface area contributed by atoms with Gasteiger partial charge in [-0.05, 0) is 67.4 Å². The van der Waals surface area contributed by atoms with Crippen LogP contribution in [0.15, 0.2) is 114 Å². The lowest BCUT2D eigenvalue weighted by Gasteiger charge is -2.17. The number of anilines is 1. The van der Waals surface area contributed by atoms with Gasteiger partial charge in [0.15, 0.2) is 23.9 Å². The molecule has 0 bridgehead atoms. The van der Waals surface area contributed by atoms with E-state index in [0.717, 1.165) is 16.8 Å². The Hall–Kier alpha value is -5.71. The first-order chi connectivity index (χ1) is 22.2. The monoisotopic (exact) mass is 626 g/mol. The fourth-order valence-electron chi connectivity index (χ4n) is 4.72. The number of rotatable bonds is 11. The van der Waals surface area contributed by atoms with Crippen LogP contribution in [0.2, 0.25) is 0 Å². The zero-order valence-corrected chi connectivity index (χ0v) is 24.8. The van der Waals surface area contributed by atoms with E-state index in [-0.39, 0.29) is 35.9 Å². The Balaban J connectivity index is 1.54. The van der Waals surface area contributed by atoms with Crippen LogP contribution in [0.5, 0.6) is 11.5 Å². The van der Waals surface area contributed by atoms with E-state index in [4.69, 9.17) is 9.47 Å². The number of aromatic nitrogens is 2. The summed E-state index contributed by atoms with van der Waals surface area (Å²) in [7, 11) is 0. The number of alkyl halides is 3. The van der Waals surface area contributed by atoms with Crippen molar-refractivity contribution in [1.82, 2.24) is 9.66 Å². The van der Waals surface area contributed by atoms with Gasteiger partial charge in [-0.1, -0.05) is 48.5 Å². The van der Waals surface area contributed by atoms with E-state index in [9.17, 15) is 22.8 Å². The molecule has 0 saturated carbocycles. The lowest BCUT2D eigenvalue weighted by molar-refractivity contribution is -0.137. The number of ether oxygens (including phenoxy) is 2. The highest BCUT2D eigenvalue weighted by atomic mass is 19.4. The highest BCUT2D eigenvalue weighted by Gasteiger charge is 2.31. The molecule has 11 heteroatoms. The van der Waals surface area contributed by atoms with Crippen molar-refractivity contribution in [3.63, 3.8) is 0 Å². The molecule has 5 aromatic rings. The number of nitrogens with one attached hydrogen (secondary N) is 1. The minimum Gasteiger partial charge on any atom is -0.490 e. The number of benzene rings is 4. The zero-order valence-electron chi connectivity index (χ0n) is 24.8. The number of halogens is 3. The molecule has 46 heavy (non-hydrogen) atoms. The molecule has 0 radical (unpaired) electrons. The number of hydrogen-bond donors (Lipinski definition) is 1. The maximum Gasteiger partial charge on any atom is 0.416 e. The molecule has 0 aliphatic heterocycles. The summed E-state index contributed by atoms with van der Waals surface area (Å²) < 4.78 is 53.4. The van der Waals surface area contributed by atoms with Gasteiger partial charge in [-0.25, -0.2) is 4.98 Å². The van der Waals surface area contributed by atoms with Gasteiger partial charge in [-0.15, -0.1) is 6.58 Å². The van der Waals surface area contributed by atoms with Crippen LogP contribution in [-0.2, 0) is 17.4 Å². The molecule has 8 nitrogen and oxygen atoms in total. The fourth-order valence-corrected chi connectivity index (χ4v) is 4.72. The van der Waals surface area contributed by atoms with Crippen LogP contribution < -0.4 is 20.3 Å². The highest BCUT2D eigenvalue weighted by Crippen LogP contribution is 2.34. The smallest absolute Gasteiger partial charge is 0.416 e. The third-order valence-corrected chi connectivity index (χ3v) is 6.75. The van der Waals surface area contributed by atoms with Gasteiger partial charge < -0.3 is 14.8 Å². The Morgan fingerprint density at radius 3 is 2.50 bits per heavy atom. The molecule has 0 aliphatic rings. The summed E-state index contributed by atoms with van der Waals surface area (Å²) in [6.07, 6.45) is -1.20. The molecule has 0 saturated heterocycles. The van der Waals surface area contributed by atoms with Crippen molar-refractivity contribution < 1.29 is 27.4 Å². The van der Waals surface area contributed by atoms with Crippen LogP contribution >= 0.6 is 0 Å². The number of fused-ring (bicyclic) bond motifs is 1. The average molecular weight is 627 g/mol. The van der Waals surface area contributed by atoms with Gasteiger partial charge in [0.05, 0.1) is 29.3 Å². The van der Waals surface area contributed by atoms with Crippen molar-refractivity contribution in [3.05, 3.63) is 131 Å². The molecule has 0 atom stereocenters. The first-order valence-electron chi connectivity index (χ1n) is 14.3. The number of para-hydroxylation sites is 2. The van der Waals surface area contributed by atoms with Crippen LogP contribution in [-0.4, -0.2) is 35.0 Å². The van der Waals surface area contributed by atoms with Gasteiger partial charge in [0, 0.05) is 16.8 Å². The van der Waals surface area contributed by atoms with Crippen molar-refractivity contribution in [1.29, 1.82) is 0 Å². The Kier molecular flexibility index (Phi) is 9.61. The van der Waals surface area contributed by atoms with E-state index in [0.29, 0.717) is 40.3 Å². The van der Waals surface area contributed by atoms with Crippen LogP contribution in [0.1, 0.15) is 23.6 Å². The zero-order chi connectivity index (χ0) is 32.7. The number of amides is 1. The van der Waals surface area contributed by atoms with E-state index < -0.39 is 17.3 Å². The van der Waals surface area contributed by atoms with E-state index in [1.165, 1.54) is 18.3 Å². The number of carbonyl (C=O) groups excluding carboxylic acids is 1. The maximum atomic E-state index is 13.6. The number of nitrogens with zero attached hydrogens (tertiary/aromatic N) is 3. The standard InChI is InChI=1S/C35H29F3N4O4/c1-3-11-24-18-23(19-30(45-4-2)32(24)46-22-31(43)40-27-14-6-5-7-15-27)21-39-42-33(25-12-10-13-26(20-25)35(36,37)38)41-29-17-9-8-16-28(29)34(42)44/h3,5-10,12-21H,1,4,11,22H2,2H3,(H,40,43). The fraction of sp³-hybridized carbons (Fsp3) is 0.143. The highest BCUT2D eigenvalue weighted by molar-refractivity contribution is 5.92. The molecular weight excluding hydrogens is 597 g/mol. The molecule has 1 aromatic heterocycles. The molecule has 234 valence electrons. The van der Waals surface area contributed by atoms with Crippen LogP contribution in [0.25, 0.3) is 22.3 Å². The van der Waals surface area contributed by atoms with E-state index >= 15 is 0 Å². The Morgan fingerprint density at radius 1 is 1.00 bits per heavy atom. The third-order valence-electron chi connectivity index (χ3n) is 6.75. The van der Waals surface area contributed by atoms with E-state index in [1.54, 1.807) is 73.7 Å². The second-order valence-electron chi connectivity index (χ2n) is 10.0. The van der Waals surface area contributed by atoms with Gasteiger partial charge in [-0.3, -0.25) is 9.59 Å². The third kappa shape index (κ3) is 7.32. The Bertz CT molecular complexity index is 1970. The Morgan fingerprint density at radius 2 is 1.76 bits per heavy atom. The molecule has 4 aromatic carbocycles. The van der Waals surface area contributed by atoms with Crippen molar-refractivity contribution >= 4 is 28.7 Å². The molecule has 0 spiro atoms. The number of carbonyl (C=O) groups is 1. The number of hydrogen-bond acceptors (Lipinski definition) is 6. The van der Waals surface area contributed by atoms with E-state index in [2.05, 4.69) is 22.0 Å². The number of allylic oxidation sites excluding steroid dienone is 1. The maximum absolute atomic E-state index is 13.6. The summed E-state index contributed by atoms with van der Waals surface area (Å²) in [6, 6.07) is 23.4. The normalized spacial score (nSPS) is 11.5. The van der Waals surface area contributed by atoms with Crippen LogP contribution in [0, 0.1) is 0 Å². The van der Waals surface area contributed by atoms with Gasteiger partial charge in [0.1, 0.15) is 0 Å². The van der Waals surface area contributed by atoms with Crippen molar-refractivity contribution in [2.24, 2.45) is 5.10 Å². The van der Waals surface area contributed by atoms with Crippen LogP contribution in [0.4, 0.5) is 18.9 Å². The van der Waals surface area contributed by atoms with Crippen molar-refractivity contribution in [2.75, 3.05) is 18.5 Å². The predicted octanol–water partition coefficient (Wildman–Crippen LogP) is 7.11. The molecular formula is C35H29F3N4O4.